The predicted octanol–water partition coefficient (Wildman–Crippen LogP) is 3.38. The number of amides is 1. The Balaban J connectivity index is 1.67. The minimum atomic E-state index is 0.0685. The van der Waals surface area contributed by atoms with Gasteiger partial charge in [-0.05, 0) is 35.7 Å². The van der Waals surface area contributed by atoms with E-state index in [1.54, 1.807) is 13.3 Å². The van der Waals surface area contributed by atoms with Crippen molar-refractivity contribution in [3.8, 4) is 5.75 Å². The third-order valence-corrected chi connectivity index (χ3v) is 4.54. The van der Waals surface area contributed by atoms with Crippen LogP contribution in [-0.4, -0.2) is 29.4 Å². The fourth-order valence-corrected chi connectivity index (χ4v) is 3.24. The first kappa shape index (κ1) is 13.9. The average molecular weight is 306 g/mol. The molecule has 0 saturated carbocycles. The number of H-pyrrole nitrogens is 1. The van der Waals surface area contributed by atoms with Crippen LogP contribution in [0.15, 0.2) is 48.7 Å². The summed E-state index contributed by atoms with van der Waals surface area (Å²) in [5.74, 6) is 0.828. The van der Waals surface area contributed by atoms with Gasteiger partial charge in [0.1, 0.15) is 5.75 Å². The van der Waals surface area contributed by atoms with Crippen LogP contribution < -0.4 is 4.74 Å². The van der Waals surface area contributed by atoms with E-state index in [-0.39, 0.29) is 5.91 Å². The number of methoxy groups -OCH3 is 1. The van der Waals surface area contributed by atoms with Crippen LogP contribution in [0.25, 0.3) is 10.9 Å². The number of benzene rings is 2. The lowest BCUT2D eigenvalue weighted by Crippen LogP contribution is -2.35. The van der Waals surface area contributed by atoms with E-state index < -0.39 is 0 Å². The van der Waals surface area contributed by atoms with E-state index in [1.807, 2.05) is 29.2 Å². The number of aromatic nitrogens is 1. The Morgan fingerprint density at radius 1 is 1.17 bits per heavy atom. The number of hydrogen-bond acceptors (Lipinski definition) is 2. The van der Waals surface area contributed by atoms with Gasteiger partial charge in [-0.1, -0.05) is 24.3 Å². The van der Waals surface area contributed by atoms with Crippen LogP contribution in [0.3, 0.4) is 0 Å². The van der Waals surface area contributed by atoms with E-state index >= 15 is 0 Å². The molecule has 0 unspecified atom stereocenters. The van der Waals surface area contributed by atoms with Crippen LogP contribution in [0.5, 0.6) is 5.75 Å². The standard InChI is InChI=1S/C19H18N2O2/c1-23-15-6-7-18-16(10-15)17(11-20-18)19(22)21-9-8-13-4-2-3-5-14(13)12-21/h2-7,10-11,20H,8-9,12H2,1H3. The molecule has 0 radical (unpaired) electrons. The summed E-state index contributed by atoms with van der Waals surface area (Å²) in [7, 11) is 1.64. The Bertz CT molecular complexity index is 882. The molecule has 0 spiro atoms. The molecular weight excluding hydrogens is 288 g/mol. The maximum Gasteiger partial charge on any atom is 0.256 e. The van der Waals surface area contributed by atoms with Crippen molar-refractivity contribution >= 4 is 16.8 Å². The van der Waals surface area contributed by atoms with Gasteiger partial charge in [0.05, 0.1) is 12.7 Å². The molecular formula is C19H18N2O2. The van der Waals surface area contributed by atoms with Gasteiger partial charge in [-0.25, -0.2) is 0 Å². The van der Waals surface area contributed by atoms with Crippen molar-refractivity contribution in [1.82, 2.24) is 9.88 Å². The van der Waals surface area contributed by atoms with E-state index in [1.165, 1.54) is 11.1 Å². The molecule has 1 N–H and O–H groups in total. The first-order chi connectivity index (χ1) is 11.3. The monoisotopic (exact) mass is 306 g/mol. The molecule has 4 nitrogen and oxygen atoms in total. The number of fused-ring (bicyclic) bond motifs is 2. The zero-order valence-corrected chi connectivity index (χ0v) is 13.0. The highest BCUT2D eigenvalue weighted by Crippen LogP contribution is 2.26. The molecule has 1 amide bonds. The molecule has 0 atom stereocenters. The highest BCUT2D eigenvalue weighted by Gasteiger charge is 2.23. The zero-order chi connectivity index (χ0) is 15.8. The van der Waals surface area contributed by atoms with Gasteiger partial charge in [-0.2, -0.15) is 0 Å². The largest absolute Gasteiger partial charge is 0.497 e. The zero-order valence-electron chi connectivity index (χ0n) is 13.0. The first-order valence-corrected chi connectivity index (χ1v) is 7.77. The fourth-order valence-electron chi connectivity index (χ4n) is 3.24. The number of aromatic amines is 1. The smallest absolute Gasteiger partial charge is 0.256 e. The maximum absolute atomic E-state index is 12.9. The summed E-state index contributed by atoms with van der Waals surface area (Å²) in [6, 6.07) is 14.1. The Hall–Kier alpha value is -2.75. The van der Waals surface area contributed by atoms with E-state index in [2.05, 4.69) is 23.2 Å². The highest BCUT2D eigenvalue weighted by molar-refractivity contribution is 6.07. The minimum absolute atomic E-state index is 0.0685. The summed E-state index contributed by atoms with van der Waals surface area (Å²) in [4.78, 5) is 18.0. The number of carbonyl (C=O) groups is 1. The summed E-state index contributed by atoms with van der Waals surface area (Å²) in [6.45, 7) is 1.43. The minimum Gasteiger partial charge on any atom is -0.497 e. The van der Waals surface area contributed by atoms with Crippen molar-refractivity contribution in [2.24, 2.45) is 0 Å². The van der Waals surface area contributed by atoms with Gasteiger partial charge in [0.2, 0.25) is 0 Å². The average Bonchev–Trinajstić information content (AvgIpc) is 3.03. The molecule has 4 heteroatoms. The Morgan fingerprint density at radius 3 is 2.83 bits per heavy atom. The lowest BCUT2D eigenvalue weighted by Gasteiger charge is -2.28. The number of ether oxygens (including phenoxy) is 1. The SMILES string of the molecule is COc1ccc2[nH]cc(C(=O)N3CCc4ccccc4C3)c2c1. The van der Waals surface area contributed by atoms with Crippen LogP contribution in [0.4, 0.5) is 0 Å². The van der Waals surface area contributed by atoms with Gasteiger partial charge in [0, 0.05) is 30.2 Å². The third kappa shape index (κ3) is 2.36. The van der Waals surface area contributed by atoms with Crippen LogP contribution in [0.1, 0.15) is 21.5 Å². The van der Waals surface area contributed by atoms with E-state index in [9.17, 15) is 4.79 Å². The fraction of sp³-hybridized carbons (Fsp3) is 0.211. The van der Waals surface area contributed by atoms with Gasteiger partial charge in [0.15, 0.2) is 0 Å². The lowest BCUT2D eigenvalue weighted by atomic mass is 9.99. The molecule has 2 aromatic carbocycles. The van der Waals surface area contributed by atoms with Crippen molar-refractivity contribution in [1.29, 1.82) is 0 Å². The van der Waals surface area contributed by atoms with Gasteiger partial charge >= 0.3 is 0 Å². The van der Waals surface area contributed by atoms with E-state index in [4.69, 9.17) is 4.74 Å². The van der Waals surface area contributed by atoms with Crippen LogP contribution in [0, 0.1) is 0 Å². The van der Waals surface area contributed by atoms with E-state index in [0.717, 1.165) is 29.6 Å². The maximum atomic E-state index is 12.9. The number of hydrogen-bond donors (Lipinski definition) is 1. The van der Waals surface area contributed by atoms with Crippen LogP contribution in [-0.2, 0) is 13.0 Å². The Morgan fingerprint density at radius 2 is 2.00 bits per heavy atom. The van der Waals surface area contributed by atoms with Crippen LogP contribution in [0.2, 0.25) is 0 Å². The molecule has 3 aromatic rings. The predicted molar refractivity (Wildman–Crippen MR) is 89.7 cm³/mol. The van der Waals surface area contributed by atoms with Gasteiger partial charge in [-0.3, -0.25) is 4.79 Å². The third-order valence-electron chi connectivity index (χ3n) is 4.54. The number of nitrogens with zero attached hydrogens (tertiary/aromatic N) is 1. The second kappa shape index (κ2) is 5.47. The molecule has 1 aromatic heterocycles. The highest BCUT2D eigenvalue weighted by atomic mass is 16.5. The van der Waals surface area contributed by atoms with Crippen LogP contribution >= 0.6 is 0 Å². The molecule has 1 aliphatic rings. The molecule has 0 aliphatic carbocycles. The Kier molecular flexibility index (Phi) is 3.30. The number of carbonyl (C=O) groups excluding carboxylic acids is 1. The molecule has 23 heavy (non-hydrogen) atoms. The number of nitrogens with one attached hydrogen (secondary N) is 1. The molecule has 2 heterocycles. The van der Waals surface area contributed by atoms with Gasteiger partial charge < -0.3 is 14.6 Å². The van der Waals surface area contributed by atoms with E-state index in [0.29, 0.717) is 12.1 Å². The molecule has 116 valence electrons. The second-order valence-corrected chi connectivity index (χ2v) is 5.86. The summed E-state index contributed by atoms with van der Waals surface area (Å²) >= 11 is 0. The van der Waals surface area contributed by atoms with Crippen molar-refractivity contribution in [3.05, 3.63) is 65.4 Å². The van der Waals surface area contributed by atoms with Gasteiger partial charge in [0.25, 0.3) is 5.91 Å². The molecule has 0 saturated heterocycles. The van der Waals surface area contributed by atoms with Crippen molar-refractivity contribution in [2.45, 2.75) is 13.0 Å². The normalized spacial score (nSPS) is 13.9. The van der Waals surface area contributed by atoms with Crippen molar-refractivity contribution in [2.75, 3.05) is 13.7 Å². The Labute approximate surface area is 134 Å². The summed E-state index contributed by atoms with van der Waals surface area (Å²) in [5.41, 5.74) is 4.24. The molecule has 0 bridgehead atoms. The summed E-state index contributed by atoms with van der Waals surface area (Å²) < 4.78 is 5.28. The first-order valence-electron chi connectivity index (χ1n) is 7.77. The molecule has 1 aliphatic heterocycles. The van der Waals surface area contributed by atoms with Gasteiger partial charge in [-0.15, -0.1) is 0 Å². The second-order valence-electron chi connectivity index (χ2n) is 5.86. The molecule has 0 fully saturated rings. The lowest BCUT2D eigenvalue weighted by molar-refractivity contribution is 0.0737. The topological polar surface area (TPSA) is 45.3 Å². The quantitative estimate of drug-likeness (QED) is 0.789. The molecule has 4 rings (SSSR count). The summed E-state index contributed by atoms with van der Waals surface area (Å²) in [5, 5.41) is 0.910. The van der Waals surface area contributed by atoms with Crippen molar-refractivity contribution in [3.63, 3.8) is 0 Å². The number of rotatable bonds is 2. The summed E-state index contributed by atoms with van der Waals surface area (Å²) in [6.07, 6.45) is 2.71. The van der Waals surface area contributed by atoms with Crippen molar-refractivity contribution < 1.29 is 9.53 Å².